The lowest BCUT2D eigenvalue weighted by Gasteiger charge is -2.10. The van der Waals surface area contributed by atoms with E-state index in [1.807, 2.05) is 0 Å². The van der Waals surface area contributed by atoms with E-state index in [2.05, 4.69) is 4.40 Å². The molecule has 0 aliphatic carbocycles. The molecule has 0 amide bonds. The van der Waals surface area contributed by atoms with Gasteiger partial charge in [-0.15, -0.1) is 0 Å². The Morgan fingerprint density at radius 3 is 2.63 bits per heavy atom. The number of benzene rings is 1. The van der Waals surface area contributed by atoms with Crippen LogP contribution in [0.1, 0.15) is 32.8 Å². The molecule has 0 aromatic heterocycles. The zero-order valence-electron chi connectivity index (χ0n) is 10.9. The molecule has 19 heavy (non-hydrogen) atoms. The molecule has 0 N–H and O–H groups in total. The van der Waals surface area contributed by atoms with E-state index >= 15 is 0 Å². The number of non-ortho nitro benzene ring substituents is 1. The molecule has 1 aromatic carbocycles. The molecule has 5 nitrogen and oxygen atoms in total. The molecule has 0 saturated carbocycles. The average molecular weight is 286 g/mol. The third kappa shape index (κ3) is 4.00. The summed E-state index contributed by atoms with van der Waals surface area (Å²) in [7, 11) is 0. The second kappa shape index (κ2) is 6.63. The van der Waals surface area contributed by atoms with E-state index in [9.17, 15) is 19.1 Å². The van der Waals surface area contributed by atoms with Crippen LogP contribution < -0.4 is 0 Å². The predicted molar refractivity (Wildman–Crippen MR) is 73.2 cm³/mol. The summed E-state index contributed by atoms with van der Waals surface area (Å²) in [4.78, 5) is 10.1. The first-order valence-corrected chi connectivity index (χ1v) is 6.96. The number of hydrogen-bond acceptors (Lipinski definition) is 4. The monoisotopic (exact) mass is 286 g/mol. The maximum Gasteiger partial charge on any atom is 0.270 e. The molecule has 0 saturated heterocycles. The molecule has 0 bridgehead atoms. The summed E-state index contributed by atoms with van der Waals surface area (Å²) in [5.41, 5.74) is 0.0896. The molecule has 1 atom stereocenters. The molecule has 1 unspecified atom stereocenters. The van der Waals surface area contributed by atoms with Crippen LogP contribution in [0.25, 0.3) is 0 Å². The highest BCUT2D eigenvalue weighted by Crippen LogP contribution is 2.20. The first-order chi connectivity index (χ1) is 8.86. The molecular weight excluding hydrogens is 271 g/mol. The van der Waals surface area contributed by atoms with Gasteiger partial charge >= 0.3 is 0 Å². The van der Waals surface area contributed by atoms with Crippen molar-refractivity contribution in [2.24, 2.45) is 4.40 Å². The Morgan fingerprint density at radius 1 is 1.53 bits per heavy atom. The van der Waals surface area contributed by atoms with Gasteiger partial charge in [0.25, 0.3) is 5.69 Å². The number of nitrogens with zero attached hydrogens (tertiary/aromatic N) is 2. The van der Waals surface area contributed by atoms with Gasteiger partial charge in [-0.05, 0) is 26.3 Å². The normalized spacial score (nSPS) is 13.7. The fourth-order valence-electron chi connectivity index (χ4n) is 1.37. The highest BCUT2D eigenvalue weighted by Gasteiger charge is 2.18. The first kappa shape index (κ1) is 15.6. The fraction of sp³-hybridized carbons (Fsp3) is 0.417. The maximum atomic E-state index is 13.7. The minimum atomic E-state index is -1.48. The molecule has 0 spiro atoms. The second-order valence-corrected chi connectivity index (χ2v) is 5.82. The van der Waals surface area contributed by atoms with Crippen LogP contribution in [0, 0.1) is 15.9 Å². The van der Waals surface area contributed by atoms with Gasteiger partial charge in [0.1, 0.15) is 16.8 Å². The molecule has 0 aliphatic heterocycles. The van der Waals surface area contributed by atoms with E-state index in [0.29, 0.717) is 6.42 Å². The van der Waals surface area contributed by atoms with Crippen LogP contribution in [0.3, 0.4) is 0 Å². The Bertz CT molecular complexity index is 506. The lowest BCUT2D eigenvalue weighted by atomic mass is 10.1. The summed E-state index contributed by atoms with van der Waals surface area (Å²) in [5, 5.41) is 10.5. The van der Waals surface area contributed by atoms with Crippen molar-refractivity contribution in [3.8, 4) is 0 Å². The molecule has 0 fully saturated rings. The number of halogens is 1. The van der Waals surface area contributed by atoms with Crippen molar-refractivity contribution in [2.45, 2.75) is 32.4 Å². The highest BCUT2D eigenvalue weighted by atomic mass is 32.2. The van der Waals surface area contributed by atoms with Crippen molar-refractivity contribution < 1.29 is 13.9 Å². The van der Waals surface area contributed by atoms with Crippen LogP contribution in [-0.4, -0.2) is 20.4 Å². The Hall–Kier alpha value is -1.47. The molecular formula is C12H15FN2O3S. The third-order valence-corrected chi connectivity index (χ3v) is 3.62. The summed E-state index contributed by atoms with van der Waals surface area (Å²) >= 11 is -1.48. The van der Waals surface area contributed by atoms with Gasteiger partial charge in [-0.2, -0.15) is 0 Å². The third-order valence-electron chi connectivity index (χ3n) is 2.41. The van der Waals surface area contributed by atoms with Crippen LogP contribution >= 0.6 is 0 Å². The van der Waals surface area contributed by atoms with Gasteiger partial charge in [0.05, 0.1) is 16.3 Å². The van der Waals surface area contributed by atoms with Gasteiger partial charge < -0.3 is 4.55 Å². The van der Waals surface area contributed by atoms with Gasteiger partial charge in [-0.25, -0.2) is 4.39 Å². The lowest BCUT2D eigenvalue weighted by Crippen LogP contribution is -2.15. The largest absolute Gasteiger partial charge is 0.591 e. The summed E-state index contributed by atoms with van der Waals surface area (Å²) in [6.07, 6.45) is 0.344. The van der Waals surface area contributed by atoms with Gasteiger partial charge in [-0.1, -0.05) is 11.3 Å². The zero-order chi connectivity index (χ0) is 14.6. The van der Waals surface area contributed by atoms with Gasteiger partial charge in [0.15, 0.2) is 0 Å². The maximum absolute atomic E-state index is 13.7. The van der Waals surface area contributed by atoms with Crippen molar-refractivity contribution in [2.75, 3.05) is 0 Å². The van der Waals surface area contributed by atoms with Crippen molar-refractivity contribution in [3.63, 3.8) is 0 Å². The quantitative estimate of drug-likeness (QED) is 0.361. The number of nitro benzene ring substituents is 1. The van der Waals surface area contributed by atoms with Crippen LogP contribution in [0.5, 0.6) is 0 Å². The summed E-state index contributed by atoms with van der Waals surface area (Å²) in [5.74, 6) is -0.605. The molecule has 0 heterocycles. The molecule has 104 valence electrons. The summed E-state index contributed by atoms with van der Waals surface area (Å²) in [6, 6.07) is 3.23. The molecule has 1 rings (SSSR count). The average Bonchev–Trinajstić information content (AvgIpc) is 2.36. The van der Waals surface area contributed by atoms with E-state index in [4.69, 9.17) is 0 Å². The second-order valence-electron chi connectivity index (χ2n) is 4.14. The van der Waals surface area contributed by atoms with Crippen LogP contribution in [0.4, 0.5) is 10.1 Å². The van der Waals surface area contributed by atoms with E-state index in [1.165, 1.54) is 0 Å². The standard InChI is InChI=1S/C12H15FN2O3S/c1-4-12(14-19(18)8(2)3)10-7-9(15(16)17)5-6-11(10)13/h5-8H,4H2,1-3H3. The minimum absolute atomic E-state index is 0.0331. The van der Waals surface area contributed by atoms with Crippen LogP contribution in [0.15, 0.2) is 22.6 Å². The van der Waals surface area contributed by atoms with E-state index in [1.54, 1.807) is 20.8 Å². The summed E-state index contributed by atoms with van der Waals surface area (Å²) < 4.78 is 29.4. The molecule has 0 radical (unpaired) electrons. The van der Waals surface area contributed by atoms with Crippen molar-refractivity contribution in [1.82, 2.24) is 0 Å². The van der Waals surface area contributed by atoms with Crippen molar-refractivity contribution in [3.05, 3.63) is 39.7 Å². The Balaban J connectivity index is 3.24. The Labute approximate surface area is 114 Å². The number of nitro groups is 1. The van der Waals surface area contributed by atoms with E-state index in [-0.39, 0.29) is 22.2 Å². The lowest BCUT2D eigenvalue weighted by molar-refractivity contribution is -0.384. The van der Waals surface area contributed by atoms with Crippen molar-refractivity contribution in [1.29, 1.82) is 0 Å². The Morgan fingerprint density at radius 2 is 2.16 bits per heavy atom. The van der Waals surface area contributed by atoms with Gasteiger partial charge in [0.2, 0.25) is 0 Å². The highest BCUT2D eigenvalue weighted by molar-refractivity contribution is 7.90. The van der Waals surface area contributed by atoms with Crippen LogP contribution in [-0.2, 0) is 11.4 Å². The predicted octanol–water partition coefficient (Wildman–Crippen LogP) is 3.01. The zero-order valence-corrected chi connectivity index (χ0v) is 11.7. The number of rotatable bonds is 5. The van der Waals surface area contributed by atoms with E-state index < -0.39 is 22.1 Å². The van der Waals surface area contributed by atoms with Gasteiger partial charge in [0, 0.05) is 17.7 Å². The fourth-order valence-corrected chi connectivity index (χ4v) is 2.02. The number of hydrogen-bond donors (Lipinski definition) is 0. The van der Waals surface area contributed by atoms with Crippen molar-refractivity contribution >= 4 is 22.8 Å². The smallest absolute Gasteiger partial charge is 0.270 e. The van der Waals surface area contributed by atoms with Gasteiger partial charge in [-0.3, -0.25) is 10.1 Å². The topological polar surface area (TPSA) is 78.6 Å². The van der Waals surface area contributed by atoms with Crippen LogP contribution in [0.2, 0.25) is 0 Å². The SMILES string of the molecule is CCC(=N[S+]([O-])C(C)C)c1cc([N+](=O)[O-])ccc1F. The molecule has 1 aromatic rings. The summed E-state index contributed by atoms with van der Waals surface area (Å²) in [6.45, 7) is 5.20. The Kier molecular flexibility index (Phi) is 5.44. The molecule has 0 aliphatic rings. The first-order valence-electron chi connectivity index (χ1n) is 5.79. The van der Waals surface area contributed by atoms with E-state index in [0.717, 1.165) is 18.2 Å². The molecule has 7 heteroatoms. The minimum Gasteiger partial charge on any atom is -0.591 e.